The summed E-state index contributed by atoms with van der Waals surface area (Å²) in [5.41, 5.74) is 1.03. The van der Waals surface area contributed by atoms with Gasteiger partial charge in [0.15, 0.2) is 9.84 Å². The zero-order valence-corrected chi connectivity index (χ0v) is 12.3. The van der Waals surface area contributed by atoms with Gasteiger partial charge in [-0.15, -0.1) is 0 Å². The Hall–Kier alpha value is -1.82. The number of carbonyl (C=O) groups excluding carboxylic acids is 1. The summed E-state index contributed by atoms with van der Waals surface area (Å²) in [4.78, 5) is 14.2. The van der Waals surface area contributed by atoms with Crippen molar-refractivity contribution in [3.63, 3.8) is 0 Å². The van der Waals surface area contributed by atoms with E-state index in [1.54, 1.807) is 4.90 Å². The number of rotatable bonds is 2. The highest BCUT2D eigenvalue weighted by Gasteiger charge is 2.49. The lowest BCUT2D eigenvalue weighted by Gasteiger charge is -2.27. The molecule has 0 saturated carbocycles. The lowest BCUT2D eigenvalue weighted by molar-refractivity contribution is -0.132. The van der Waals surface area contributed by atoms with Crippen molar-refractivity contribution in [3.05, 3.63) is 36.5 Å². The lowest BCUT2D eigenvalue weighted by Crippen LogP contribution is -2.45. The summed E-state index contributed by atoms with van der Waals surface area (Å²) in [6, 6.07) is 9.80. The third-order valence-electron chi connectivity index (χ3n) is 4.61. The Morgan fingerprint density at radius 1 is 1.24 bits per heavy atom. The number of hydrogen-bond donors (Lipinski definition) is 0. The predicted octanol–water partition coefficient (Wildman–Crippen LogP) is 1.04. The molecule has 2 aromatic rings. The average molecular weight is 304 g/mol. The van der Waals surface area contributed by atoms with Crippen molar-refractivity contribution in [1.82, 2.24) is 9.47 Å². The topological polar surface area (TPSA) is 59.4 Å². The van der Waals surface area contributed by atoms with Crippen LogP contribution in [0.25, 0.3) is 10.9 Å². The van der Waals surface area contributed by atoms with Gasteiger partial charge in [0, 0.05) is 24.3 Å². The van der Waals surface area contributed by atoms with E-state index in [2.05, 4.69) is 0 Å². The summed E-state index contributed by atoms with van der Waals surface area (Å²) >= 11 is 0. The van der Waals surface area contributed by atoms with Gasteiger partial charge in [-0.3, -0.25) is 4.79 Å². The first-order valence-corrected chi connectivity index (χ1v) is 8.81. The molecule has 21 heavy (non-hydrogen) atoms. The minimum absolute atomic E-state index is 0.0127. The molecule has 1 amide bonds. The van der Waals surface area contributed by atoms with E-state index in [4.69, 9.17) is 0 Å². The number of likely N-dealkylation sites (tertiary alicyclic amines) is 1. The second-order valence-electron chi connectivity index (χ2n) is 5.89. The molecule has 2 fully saturated rings. The molecule has 6 heteroatoms. The number of benzene rings is 1. The Morgan fingerprint density at radius 3 is 2.76 bits per heavy atom. The molecule has 5 nitrogen and oxygen atoms in total. The van der Waals surface area contributed by atoms with Crippen molar-refractivity contribution in [2.24, 2.45) is 0 Å². The van der Waals surface area contributed by atoms with Crippen LogP contribution in [0, 0.1) is 0 Å². The second-order valence-corrected chi connectivity index (χ2v) is 8.22. The summed E-state index contributed by atoms with van der Waals surface area (Å²) in [7, 11) is -2.95. The largest absolute Gasteiger partial charge is 0.338 e. The molecule has 1 aromatic heterocycles. The Labute approximate surface area is 123 Å². The van der Waals surface area contributed by atoms with E-state index in [0.717, 1.165) is 10.9 Å². The SMILES string of the molecule is O=C(Cn1ccc2ccccc21)N1CC2CC1CS2(=O)=O. The third kappa shape index (κ3) is 1.97. The summed E-state index contributed by atoms with van der Waals surface area (Å²) in [5, 5.41) is 0.767. The van der Waals surface area contributed by atoms with Gasteiger partial charge in [-0.2, -0.15) is 0 Å². The summed E-state index contributed by atoms with van der Waals surface area (Å²) in [6.45, 7) is 0.641. The summed E-state index contributed by atoms with van der Waals surface area (Å²) < 4.78 is 25.4. The van der Waals surface area contributed by atoms with Crippen LogP contribution >= 0.6 is 0 Å². The minimum atomic E-state index is -2.95. The molecule has 110 valence electrons. The standard InChI is InChI=1S/C15H16N2O3S/c18-15(17-8-13-7-12(17)10-21(13,19)20)9-16-6-5-11-3-1-2-4-14(11)16/h1-6,12-13H,7-10H2. The molecular formula is C15H16N2O3S. The number of hydrogen-bond acceptors (Lipinski definition) is 3. The average Bonchev–Trinajstić information content (AvgIpc) is 3.10. The molecule has 1 aromatic carbocycles. The Kier molecular flexibility index (Phi) is 2.66. The first-order valence-electron chi connectivity index (χ1n) is 7.09. The van der Waals surface area contributed by atoms with Gasteiger partial charge in [-0.1, -0.05) is 18.2 Å². The van der Waals surface area contributed by atoms with Crippen LogP contribution in [0.15, 0.2) is 36.5 Å². The monoisotopic (exact) mass is 304 g/mol. The van der Waals surface area contributed by atoms with E-state index < -0.39 is 9.84 Å². The predicted molar refractivity (Wildman–Crippen MR) is 79.6 cm³/mol. The maximum absolute atomic E-state index is 12.5. The van der Waals surface area contributed by atoms with Crippen molar-refractivity contribution in [1.29, 1.82) is 0 Å². The first kappa shape index (κ1) is 12.9. The van der Waals surface area contributed by atoms with Crippen molar-refractivity contribution in [3.8, 4) is 0 Å². The fourth-order valence-corrected chi connectivity index (χ4v) is 5.54. The minimum Gasteiger partial charge on any atom is -0.338 e. The molecule has 4 rings (SSSR count). The van der Waals surface area contributed by atoms with Crippen LogP contribution in [0.1, 0.15) is 6.42 Å². The highest BCUT2D eigenvalue weighted by Crippen LogP contribution is 2.33. The normalized spacial score (nSPS) is 26.6. The molecule has 2 atom stereocenters. The van der Waals surface area contributed by atoms with Gasteiger partial charge in [0.25, 0.3) is 0 Å². The number of sulfone groups is 1. The van der Waals surface area contributed by atoms with Gasteiger partial charge >= 0.3 is 0 Å². The van der Waals surface area contributed by atoms with Gasteiger partial charge in [0.05, 0.1) is 11.0 Å². The van der Waals surface area contributed by atoms with Crippen LogP contribution in [0.3, 0.4) is 0 Å². The highest BCUT2D eigenvalue weighted by molar-refractivity contribution is 7.92. The van der Waals surface area contributed by atoms with E-state index >= 15 is 0 Å². The fraction of sp³-hybridized carbons (Fsp3) is 0.400. The Bertz CT molecular complexity index is 824. The molecule has 2 aliphatic rings. The zero-order valence-electron chi connectivity index (χ0n) is 11.5. The van der Waals surface area contributed by atoms with Gasteiger partial charge in [0.1, 0.15) is 6.54 Å². The Morgan fingerprint density at radius 2 is 2.05 bits per heavy atom. The van der Waals surface area contributed by atoms with E-state index in [9.17, 15) is 13.2 Å². The number of amides is 1. The van der Waals surface area contributed by atoms with Gasteiger partial charge < -0.3 is 9.47 Å². The maximum atomic E-state index is 12.5. The Balaban J connectivity index is 1.55. The van der Waals surface area contributed by atoms with Gasteiger partial charge in [0.2, 0.25) is 5.91 Å². The van der Waals surface area contributed by atoms with Crippen molar-refractivity contribution >= 4 is 26.6 Å². The number of nitrogens with zero attached hydrogens (tertiary/aromatic N) is 2. The molecule has 3 heterocycles. The van der Waals surface area contributed by atoms with Gasteiger partial charge in [-0.25, -0.2) is 8.42 Å². The number of aromatic nitrogens is 1. The molecule has 0 aliphatic carbocycles. The van der Waals surface area contributed by atoms with E-state index in [1.807, 2.05) is 41.1 Å². The first-order chi connectivity index (χ1) is 10.0. The zero-order chi connectivity index (χ0) is 14.6. The number of para-hydroxylation sites is 1. The van der Waals surface area contributed by atoms with Crippen LogP contribution in [-0.4, -0.2) is 47.4 Å². The molecule has 0 radical (unpaired) electrons. The summed E-state index contributed by atoms with van der Waals surface area (Å²) in [6.07, 6.45) is 2.52. The van der Waals surface area contributed by atoms with Crippen molar-refractivity contribution < 1.29 is 13.2 Å². The van der Waals surface area contributed by atoms with E-state index in [1.165, 1.54) is 0 Å². The molecule has 2 saturated heterocycles. The van der Waals surface area contributed by atoms with Crippen LogP contribution in [0.2, 0.25) is 0 Å². The number of fused-ring (bicyclic) bond motifs is 3. The number of carbonyl (C=O) groups is 1. The smallest absolute Gasteiger partial charge is 0.242 e. The molecule has 0 N–H and O–H groups in total. The summed E-state index contributed by atoms with van der Waals surface area (Å²) in [5.74, 6) is 0.147. The van der Waals surface area contributed by atoms with Crippen molar-refractivity contribution in [2.45, 2.75) is 24.3 Å². The third-order valence-corrected chi connectivity index (χ3v) is 6.82. The quantitative estimate of drug-likeness (QED) is 0.833. The fourth-order valence-electron chi connectivity index (χ4n) is 3.52. The molecule has 0 spiro atoms. The maximum Gasteiger partial charge on any atom is 0.242 e. The van der Waals surface area contributed by atoms with Crippen LogP contribution in [-0.2, 0) is 21.2 Å². The molecular weight excluding hydrogens is 288 g/mol. The highest BCUT2D eigenvalue weighted by atomic mass is 32.2. The second kappa shape index (κ2) is 4.34. The van der Waals surface area contributed by atoms with Crippen LogP contribution < -0.4 is 0 Å². The molecule has 2 bridgehead atoms. The van der Waals surface area contributed by atoms with Crippen molar-refractivity contribution in [2.75, 3.05) is 12.3 Å². The van der Waals surface area contributed by atoms with Crippen LogP contribution in [0.4, 0.5) is 0 Å². The molecule has 2 aliphatic heterocycles. The molecule has 2 unspecified atom stereocenters. The van der Waals surface area contributed by atoms with Crippen LogP contribution in [0.5, 0.6) is 0 Å². The van der Waals surface area contributed by atoms with E-state index in [0.29, 0.717) is 13.0 Å². The van der Waals surface area contributed by atoms with E-state index in [-0.39, 0.29) is 29.5 Å². The lowest BCUT2D eigenvalue weighted by atomic mass is 10.2. The van der Waals surface area contributed by atoms with Gasteiger partial charge in [-0.05, 0) is 23.9 Å².